The van der Waals surface area contributed by atoms with Crippen LogP contribution in [0.3, 0.4) is 0 Å². The highest BCUT2D eigenvalue weighted by atomic mass is 35.5. The van der Waals surface area contributed by atoms with Gasteiger partial charge in [0.1, 0.15) is 0 Å². The Morgan fingerprint density at radius 2 is 2.30 bits per heavy atom. The molecule has 2 unspecified atom stereocenters. The van der Waals surface area contributed by atoms with E-state index in [1.54, 1.807) is 11.3 Å². The molecule has 6 heteroatoms. The number of thiophene rings is 1. The van der Waals surface area contributed by atoms with E-state index in [0.717, 1.165) is 36.6 Å². The van der Waals surface area contributed by atoms with E-state index in [0.29, 0.717) is 23.5 Å². The average Bonchev–Trinajstić information content (AvgIpc) is 2.92. The molecule has 0 aromatic carbocycles. The number of hydrogen-bond donors (Lipinski definition) is 1. The predicted molar refractivity (Wildman–Crippen MR) is 86.5 cm³/mol. The van der Waals surface area contributed by atoms with E-state index < -0.39 is 9.84 Å². The summed E-state index contributed by atoms with van der Waals surface area (Å²) in [5.74, 6) is 1.04. The third-order valence-electron chi connectivity index (χ3n) is 3.70. The van der Waals surface area contributed by atoms with Gasteiger partial charge < -0.3 is 5.32 Å². The zero-order chi connectivity index (χ0) is 14.6. The lowest BCUT2D eigenvalue weighted by Gasteiger charge is -2.20. The topological polar surface area (TPSA) is 46.2 Å². The largest absolute Gasteiger partial charge is 0.314 e. The van der Waals surface area contributed by atoms with Gasteiger partial charge in [0.15, 0.2) is 9.84 Å². The van der Waals surface area contributed by atoms with Crippen molar-refractivity contribution in [3.8, 4) is 0 Å². The standard InChI is InChI=1S/C14H22ClNO2S2/c1-2-6-16-12(9-13-3-4-14(15)19-13)8-11-5-7-20(17,18)10-11/h3-4,11-12,16H,2,5-10H2,1H3. The first-order valence-electron chi connectivity index (χ1n) is 7.16. The van der Waals surface area contributed by atoms with E-state index in [2.05, 4.69) is 18.3 Å². The molecule has 1 aromatic rings. The lowest BCUT2D eigenvalue weighted by molar-refractivity contribution is 0.404. The fraction of sp³-hybridized carbons (Fsp3) is 0.714. The van der Waals surface area contributed by atoms with Crippen LogP contribution in [0.4, 0.5) is 0 Å². The predicted octanol–water partition coefficient (Wildman–Crippen LogP) is 3.14. The normalized spacial score (nSPS) is 23.0. The van der Waals surface area contributed by atoms with Gasteiger partial charge in [-0.25, -0.2) is 8.42 Å². The summed E-state index contributed by atoms with van der Waals surface area (Å²) < 4.78 is 23.9. The Morgan fingerprint density at radius 3 is 2.85 bits per heavy atom. The Hall–Kier alpha value is -0.100. The second kappa shape index (κ2) is 7.25. The smallest absolute Gasteiger partial charge is 0.150 e. The van der Waals surface area contributed by atoms with Gasteiger partial charge >= 0.3 is 0 Å². The van der Waals surface area contributed by atoms with Gasteiger partial charge in [0.05, 0.1) is 15.8 Å². The average molecular weight is 336 g/mol. The Kier molecular flexibility index (Phi) is 5.90. The van der Waals surface area contributed by atoms with Gasteiger partial charge in [-0.15, -0.1) is 11.3 Å². The van der Waals surface area contributed by atoms with Gasteiger partial charge in [0, 0.05) is 10.9 Å². The van der Waals surface area contributed by atoms with Crippen LogP contribution in [0.1, 0.15) is 31.1 Å². The summed E-state index contributed by atoms with van der Waals surface area (Å²) in [6.07, 6.45) is 3.78. The second-order valence-corrected chi connectivity index (χ2v) is 9.59. The monoisotopic (exact) mass is 335 g/mol. The summed E-state index contributed by atoms with van der Waals surface area (Å²) >= 11 is 7.59. The minimum absolute atomic E-state index is 0.310. The summed E-state index contributed by atoms with van der Waals surface area (Å²) in [7, 11) is -2.78. The number of halogens is 1. The third-order valence-corrected chi connectivity index (χ3v) is 6.79. The first-order valence-corrected chi connectivity index (χ1v) is 10.2. The molecule has 1 saturated heterocycles. The molecule has 1 fully saturated rings. The maximum absolute atomic E-state index is 11.6. The molecule has 1 aliphatic rings. The van der Waals surface area contributed by atoms with Crippen molar-refractivity contribution in [2.75, 3.05) is 18.1 Å². The molecule has 1 aliphatic heterocycles. The zero-order valence-electron chi connectivity index (χ0n) is 11.8. The SMILES string of the molecule is CCCNC(Cc1ccc(Cl)s1)CC1CCS(=O)(=O)C1. The number of nitrogens with one attached hydrogen (secondary N) is 1. The van der Waals surface area contributed by atoms with Crippen LogP contribution in [0.25, 0.3) is 0 Å². The Balaban J connectivity index is 1.93. The van der Waals surface area contributed by atoms with Crippen LogP contribution in [0.5, 0.6) is 0 Å². The summed E-state index contributed by atoms with van der Waals surface area (Å²) in [5.41, 5.74) is 0. The Labute approximate surface area is 130 Å². The lowest BCUT2D eigenvalue weighted by Crippen LogP contribution is -2.33. The summed E-state index contributed by atoms with van der Waals surface area (Å²) in [6.45, 7) is 3.12. The highest BCUT2D eigenvalue weighted by Crippen LogP contribution is 2.27. The summed E-state index contributed by atoms with van der Waals surface area (Å²) in [5, 5.41) is 3.55. The highest BCUT2D eigenvalue weighted by molar-refractivity contribution is 7.91. The minimum Gasteiger partial charge on any atom is -0.314 e. The van der Waals surface area contributed by atoms with Crippen molar-refractivity contribution in [3.63, 3.8) is 0 Å². The van der Waals surface area contributed by atoms with Crippen molar-refractivity contribution in [2.45, 2.75) is 38.6 Å². The fourth-order valence-corrected chi connectivity index (χ4v) is 5.80. The maximum atomic E-state index is 11.6. The molecule has 0 radical (unpaired) electrons. The van der Waals surface area contributed by atoms with E-state index in [1.165, 1.54) is 4.88 Å². The van der Waals surface area contributed by atoms with Crippen LogP contribution in [0, 0.1) is 5.92 Å². The molecule has 2 rings (SSSR count). The molecular formula is C14H22ClNO2S2. The first kappa shape index (κ1) is 16.3. The number of sulfone groups is 1. The maximum Gasteiger partial charge on any atom is 0.150 e. The first-order chi connectivity index (χ1) is 9.48. The number of rotatable bonds is 7. The van der Waals surface area contributed by atoms with Crippen molar-refractivity contribution >= 4 is 32.8 Å². The van der Waals surface area contributed by atoms with Gasteiger partial charge in [-0.2, -0.15) is 0 Å². The molecule has 114 valence electrons. The highest BCUT2D eigenvalue weighted by Gasteiger charge is 2.29. The van der Waals surface area contributed by atoms with Crippen LogP contribution in [-0.4, -0.2) is 32.5 Å². The molecular weight excluding hydrogens is 314 g/mol. The van der Waals surface area contributed by atoms with Gasteiger partial charge in [-0.05, 0) is 50.3 Å². The van der Waals surface area contributed by atoms with E-state index in [1.807, 2.05) is 6.07 Å². The van der Waals surface area contributed by atoms with E-state index in [9.17, 15) is 8.42 Å². The van der Waals surface area contributed by atoms with Gasteiger partial charge in [-0.1, -0.05) is 18.5 Å². The molecule has 2 atom stereocenters. The molecule has 0 spiro atoms. The second-order valence-electron chi connectivity index (χ2n) is 5.57. The van der Waals surface area contributed by atoms with Crippen molar-refractivity contribution in [3.05, 3.63) is 21.3 Å². The number of hydrogen-bond acceptors (Lipinski definition) is 4. The molecule has 3 nitrogen and oxygen atoms in total. The third kappa shape index (κ3) is 5.02. The van der Waals surface area contributed by atoms with Gasteiger partial charge in [0.25, 0.3) is 0 Å². The lowest BCUT2D eigenvalue weighted by atomic mass is 9.97. The minimum atomic E-state index is -2.78. The molecule has 1 N–H and O–H groups in total. The van der Waals surface area contributed by atoms with Crippen LogP contribution < -0.4 is 5.32 Å². The van der Waals surface area contributed by atoms with Gasteiger partial charge in [0.2, 0.25) is 0 Å². The molecule has 0 saturated carbocycles. The molecule has 2 heterocycles. The van der Waals surface area contributed by atoms with E-state index >= 15 is 0 Å². The quantitative estimate of drug-likeness (QED) is 0.832. The molecule has 0 aliphatic carbocycles. The fourth-order valence-electron chi connectivity index (χ4n) is 2.75. The molecule has 0 bridgehead atoms. The molecule has 0 amide bonds. The summed E-state index contributed by atoms with van der Waals surface area (Å²) in [4.78, 5) is 1.27. The molecule has 1 aromatic heterocycles. The van der Waals surface area contributed by atoms with Crippen molar-refractivity contribution in [1.82, 2.24) is 5.32 Å². The van der Waals surface area contributed by atoms with Crippen molar-refractivity contribution in [1.29, 1.82) is 0 Å². The van der Waals surface area contributed by atoms with E-state index in [4.69, 9.17) is 11.6 Å². The van der Waals surface area contributed by atoms with Crippen LogP contribution in [0.15, 0.2) is 12.1 Å². The Morgan fingerprint density at radius 1 is 1.50 bits per heavy atom. The molecule has 20 heavy (non-hydrogen) atoms. The Bertz CT molecular complexity index is 527. The van der Waals surface area contributed by atoms with Gasteiger partial charge in [-0.3, -0.25) is 0 Å². The zero-order valence-corrected chi connectivity index (χ0v) is 14.2. The van der Waals surface area contributed by atoms with Crippen LogP contribution in [-0.2, 0) is 16.3 Å². The van der Waals surface area contributed by atoms with Crippen LogP contribution >= 0.6 is 22.9 Å². The summed E-state index contributed by atoms with van der Waals surface area (Å²) in [6, 6.07) is 4.35. The van der Waals surface area contributed by atoms with Crippen molar-refractivity contribution < 1.29 is 8.42 Å². The van der Waals surface area contributed by atoms with Crippen molar-refractivity contribution in [2.24, 2.45) is 5.92 Å². The van der Waals surface area contributed by atoms with E-state index in [-0.39, 0.29) is 0 Å². The van der Waals surface area contributed by atoms with Crippen LogP contribution in [0.2, 0.25) is 4.34 Å².